The number of likely N-dealkylation sites (tertiary alicyclic amines) is 1. The zero-order chi connectivity index (χ0) is 29.6. The Morgan fingerprint density at radius 2 is 1.81 bits per heavy atom. The summed E-state index contributed by atoms with van der Waals surface area (Å²) in [6, 6.07) is 17.5. The van der Waals surface area contributed by atoms with Gasteiger partial charge in [0.25, 0.3) is 5.91 Å². The molecule has 3 amide bonds. The second-order valence-electron chi connectivity index (χ2n) is 11.0. The first-order valence-corrected chi connectivity index (χ1v) is 14.8. The molecule has 0 bridgehead atoms. The molecule has 1 fully saturated rings. The Morgan fingerprint density at radius 1 is 1.07 bits per heavy atom. The van der Waals surface area contributed by atoms with Gasteiger partial charge in [-0.15, -0.1) is 0 Å². The van der Waals surface area contributed by atoms with Gasteiger partial charge in [-0.05, 0) is 69.4 Å². The van der Waals surface area contributed by atoms with E-state index in [1.807, 2.05) is 42.2 Å². The maximum absolute atomic E-state index is 13.6. The van der Waals surface area contributed by atoms with Crippen LogP contribution in [0.1, 0.15) is 53.4 Å². The minimum Gasteiger partial charge on any atom is -0.454 e. The maximum atomic E-state index is 13.6. The Kier molecular flexibility index (Phi) is 9.49. The quantitative estimate of drug-likeness (QED) is 0.306. The first-order chi connectivity index (χ1) is 20.3. The number of hydrogen-bond donors (Lipinski definition) is 2. The third-order valence-corrected chi connectivity index (χ3v) is 8.28. The zero-order valence-corrected chi connectivity index (χ0v) is 25.1. The number of fused-ring (bicyclic) bond motifs is 1. The fraction of sp³-hybridized carbons (Fsp3) is 0.406. The number of halogens is 1. The van der Waals surface area contributed by atoms with Crippen LogP contribution in [0.5, 0.6) is 11.5 Å². The summed E-state index contributed by atoms with van der Waals surface area (Å²) in [5.41, 5.74) is 3.81. The zero-order valence-electron chi connectivity index (χ0n) is 24.4. The van der Waals surface area contributed by atoms with E-state index in [1.165, 1.54) is 0 Å². The minimum absolute atomic E-state index is 0.103. The normalized spacial score (nSPS) is 15.7. The molecule has 42 heavy (non-hydrogen) atoms. The standard InChI is InChI=1S/C32H38ClN5O4/c1-21-17-29(33)35-23(3)30(21)31(39)34-14-11-22(2)37-15-12-26(13-16-37)38(19-24-7-5-4-6-8-24)32(40)36-25-9-10-27-28(18-25)42-20-41-27/h4-10,17-18,22,26H,11-16,19-20H2,1-3H3,(H,34,39)(H,36,40)/t22-/m1/s1. The average molecular weight is 592 g/mol. The van der Waals surface area contributed by atoms with Gasteiger partial charge in [0.05, 0.1) is 11.3 Å². The molecule has 2 aromatic carbocycles. The van der Waals surface area contributed by atoms with Crippen LogP contribution in [0.4, 0.5) is 10.5 Å². The fourth-order valence-electron chi connectivity index (χ4n) is 5.75. The lowest BCUT2D eigenvalue weighted by atomic mass is 10.00. The summed E-state index contributed by atoms with van der Waals surface area (Å²) >= 11 is 6.02. The lowest BCUT2D eigenvalue weighted by molar-refractivity contribution is 0.0918. The summed E-state index contributed by atoms with van der Waals surface area (Å²) < 4.78 is 10.9. The predicted octanol–water partition coefficient (Wildman–Crippen LogP) is 5.79. The van der Waals surface area contributed by atoms with E-state index in [1.54, 1.807) is 19.1 Å². The molecule has 1 aromatic heterocycles. The van der Waals surface area contributed by atoms with E-state index in [-0.39, 0.29) is 24.8 Å². The smallest absolute Gasteiger partial charge is 0.322 e. The number of pyridine rings is 1. The Bertz CT molecular complexity index is 1390. The molecule has 2 aliphatic rings. The van der Waals surface area contributed by atoms with Crippen LogP contribution in [0.2, 0.25) is 5.15 Å². The van der Waals surface area contributed by atoms with E-state index in [9.17, 15) is 9.59 Å². The van der Waals surface area contributed by atoms with E-state index >= 15 is 0 Å². The third-order valence-electron chi connectivity index (χ3n) is 8.08. The monoisotopic (exact) mass is 591 g/mol. The molecule has 3 heterocycles. The van der Waals surface area contributed by atoms with E-state index in [0.717, 1.165) is 43.5 Å². The van der Waals surface area contributed by atoms with Crippen molar-refractivity contribution in [2.45, 2.75) is 58.7 Å². The lowest BCUT2D eigenvalue weighted by Gasteiger charge is -2.40. The van der Waals surface area contributed by atoms with Gasteiger partial charge in [-0.1, -0.05) is 41.9 Å². The van der Waals surface area contributed by atoms with Crippen LogP contribution < -0.4 is 20.1 Å². The van der Waals surface area contributed by atoms with E-state index in [4.69, 9.17) is 21.1 Å². The van der Waals surface area contributed by atoms with Crippen molar-refractivity contribution < 1.29 is 19.1 Å². The van der Waals surface area contributed by atoms with Crippen LogP contribution in [0, 0.1) is 13.8 Å². The largest absolute Gasteiger partial charge is 0.454 e. The number of ether oxygens (including phenoxy) is 2. The highest BCUT2D eigenvalue weighted by atomic mass is 35.5. The molecule has 2 N–H and O–H groups in total. The Labute approximate surface area is 252 Å². The number of carbonyl (C=O) groups excluding carboxylic acids is 2. The molecule has 2 aliphatic heterocycles. The summed E-state index contributed by atoms with van der Waals surface area (Å²) in [5, 5.41) is 6.52. The average Bonchev–Trinajstić information content (AvgIpc) is 3.44. The number of nitrogens with one attached hydrogen (secondary N) is 2. The molecule has 0 spiro atoms. The van der Waals surface area contributed by atoms with Crippen molar-refractivity contribution in [2.75, 3.05) is 31.7 Å². The highest BCUT2D eigenvalue weighted by Crippen LogP contribution is 2.34. The van der Waals surface area contributed by atoms with Gasteiger partial charge in [0, 0.05) is 50.0 Å². The number of anilines is 1. The number of aromatic nitrogens is 1. The number of nitrogens with zero attached hydrogens (tertiary/aromatic N) is 3. The predicted molar refractivity (Wildman–Crippen MR) is 163 cm³/mol. The van der Waals surface area contributed by atoms with Crippen molar-refractivity contribution in [2.24, 2.45) is 0 Å². The summed E-state index contributed by atoms with van der Waals surface area (Å²) in [7, 11) is 0. The fourth-order valence-corrected chi connectivity index (χ4v) is 6.04. The minimum atomic E-state index is -0.130. The van der Waals surface area contributed by atoms with Gasteiger partial charge >= 0.3 is 6.03 Å². The van der Waals surface area contributed by atoms with Gasteiger partial charge in [0.1, 0.15) is 5.15 Å². The van der Waals surface area contributed by atoms with Crippen LogP contribution in [0.3, 0.4) is 0 Å². The van der Waals surface area contributed by atoms with E-state index in [0.29, 0.717) is 52.7 Å². The SMILES string of the molecule is Cc1cc(Cl)nc(C)c1C(=O)NCC[C@@H](C)N1CCC(N(Cc2ccccc2)C(=O)Nc2ccc3c(c2)OCO3)CC1. The van der Waals surface area contributed by atoms with Gasteiger partial charge in [-0.3, -0.25) is 4.79 Å². The van der Waals surface area contributed by atoms with Gasteiger partial charge in [0.15, 0.2) is 11.5 Å². The Morgan fingerprint density at radius 3 is 2.55 bits per heavy atom. The summed E-state index contributed by atoms with van der Waals surface area (Å²) in [6.07, 6.45) is 2.56. The number of urea groups is 1. The number of aryl methyl sites for hydroxylation is 2. The molecule has 9 nitrogen and oxygen atoms in total. The Hall–Kier alpha value is -3.82. The number of piperidine rings is 1. The van der Waals surface area contributed by atoms with Crippen LogP contribution >= 0.6 is 11.6 Å². The highest BCUT2D eigenvalue weighted by Gasteiger charge is 2.30. The molecular formula is C32H38ClN5O4. The summed E-state index contributed by atoms with van der Waals surface area (Å²) in [5.74, 6) is 1.20. The van der Waals surface area contributed by atoms with Crippen molar-refractivity contribution in [1.29, 1.82) is 0 Å². The molecule has 5 rings (SSSR count). The van der Waals surface area contributed by atoms with Crippen LogP contribution in [-0.4, -0.2) is 65.2 Å². The molecule has 222 valence electrons. The van der Waals surface area contributed by atoms with Crippen LogP contribution in [-0.2, 0) is 6.54 Å². The van der Waals surface area contributed by atoms with Crippen molar-refractivity contribution in [3.8, 4) is 11.5 Å². The van der Waals surface area contributed by atoms with Crippen molar-refractivity contribution in [3.05, 3.63) is 82.1 Å². The van der Waals surface area contributed by atoms with Gasteiger partial charge in [0.2, 0.25) is 6.79 Å². The van der Waals surface area contributed by atoms with Crippen molar-refractivity contribution in [1.82, 2.24) is 20.1 Å². The van der Waals surface area contributed by atoms with Crippen molar-refractivity contribution >= 4 is 29.2 Å². The second kappa shape index (κ2) is 13.4. The molecule has 1 atom stereocenters. The molecule has 0 saturated carbocycles. The highest BCUT2D eigenvalue weighted by molar-refractivity contribution is 6.29. The lowest BCUT2D eigenvalue weighted by Crippen LogP contribution is -2.50. The number of carbonyl (C=O) groups is 2. The topological polar surface area (TPSA) is 96.0 Å². The van der Waals surface area contributed by atoms with Gasteiger partial charge in [-0.2, -0.15) is 0 Å². The van der Waals surface area contributed by atoms with Crippen molar-refractivity contribution in [3.63, 3.8) is 0 Å². The van der Waals surface area contributed by atoms with E-state index in [2.05, 4.69) is 39.6 Å². The molecule has 0 radical (unpaired) electrons. The molecule has 0 aliphatic carbocycles. The molecule has 3 aromatic rings. The first kappa shape index (κ1) is 29.7. The summed E-state index contributed by atoms with van der Waals surface area (Å²) in [6.45, 7) is 8.91. The van der Waals surface area contributed by atoms with E-state index < -0.39 is 0 Å². The maximum Gasteiger partial charge on any atom is 0.322 e. The summed E-state index contributed by atoms with van der Waals surface area (Å²) in [4.78, 5) is 35.0. The Balaban J connectivity index is 1.16. The number of amides is 3. The van der Waals surface area contributed by atoms with Gasteiger partial charge in [-0.25, -0.2) is 9.78 Å². The van der Waals surface area contributed by atoms with Crippen LogP contribution in [0.15, 0.2) is 54.6 Å². The molecule has 1 saturated heterocycles. The van der Waals surface area contributed by atoms with Crippen LogP contribution in [0.25, 0.3) is 0 Å². The third kappa shape index (κ3) is 7.14. The van der Waals surface area contributed by atoms with Gasteiger partial charge < -0.3 is 29.9 Å². The number of benzene rings is 2. The molecular weight excluding hydrogens is 554 g/mol. The first-order valence-electron chi connectivity index (χ1n) is 14.5. The number of rotatable bonds is 9. The second-order valence-corrected chi connectivity index (χ2v) is 11.4. The number of hydrogen-bond acceptors (Lipinski definition) is 6. The molecule has 0 unspecified atom stereocenters. The molecule has 10 heteroatoms.